The minimum absolute atomic E-state index is 0.00447. The van der Waals surface area contributed by atoms with Gasteiger partial charge < -0.3 is 20.3 Å². The van der Waals surface area contributed by atoms with Crippen molar-refractivity contribution in [1.29, 1.82) is 0 Å². The number of benzene rings is 2. The third-order valence-corrected chi connectivity index (χ3v) is 5.59. The van der Waals surface area contributed by atoms with Gasteiger partial charge in [-0.2, -0.15) is 0 Å². The molecule has 0 radical (unpaired) electrons. The zero-order chi connectivity index (χ0) is 20.6. The molecule has 7 heteroatoms. The molecule has 0 unspecified atom stereocenters. The fraction of sp³-hybridized carbons (Fsp3) is 0.364. The van der Waals surface area contributed by atoms with Gasteiger partial charge in [0.15, 0.2) is 12.6 Å². The van der Waals surface area contributed by atoms with E-state index in [1.54, 1.807) is 23.7 Å². The Kier molecular flexibility index (Phi) is 7.41. The molecule has 3 rings (SSSR count). The molecule has 2 N–H and O–H groups in total. The van der Waals surface area contributed by atoms with Crippen molar-refractivity contribution in [3.05, 3.63) is 53.6 Å². The predicted molar refractivity (Wildman–Crippen MR) is 120 cm³/mol. The molecule has 0 aliphatic carbocycles. The number of hydrogen-bond donors (Lipinski definition) is 2. The van der Waals surface area contributed by atoms with Crippen LogP contribution in [0.2, 0.25) is 0 Å². The van der Waals surface area contributed by atoms with Crippen LogP contribution in [0.15, 0.2) is 52.4 Å². The van der Waals surface area contributed by atoms with E-state index < -0.39 is 0 Å². The molecule has 1 heterocycles. The van der Waals surface area contributed by atoms with Gasteiger partial charge in [-0.05, 0) is 48.9 Å². The Labute approximate surface area is 176 Å². The molecule has 1 aliphatic rings. The van der Waals surface area contributed by atoms with E-state index in [1.807, 2.05) is 24.3 Å². The molecule has 154 valence electrons. The molecule has 0 aromatic heterocycles. The number of guanidine groups is 1. The van der Waals surface area contributed by atoms with Crippen LogP contribution in [0.5, 0.6) is 5.75 Å². The number of para-hydroxylation sites is 2. The van der Waals surface area contributed by atoms with Gasteiger partial charge in [-0.3, -0.25) is 9.79 Å². The molecule has 0 fully saturated rings. The van der Waals surface area contributed by atoms with E-state index in [0.29, 0.717) is 13.1 Å². The first-order valence-corrected chi connectivity index (χ1v) is 10.9. The highest BCUT2D eigenvalue weighted by molar-refractivity contribution is 7.98. The number of nitrogens with one attached hydrogen (secondary N) is 2. The highest BCUT2D eigenvalue weighted by atomic mass is 32.2. The average molecular weight is 413 g/mol. The number of nitrogens with zero attached hydrogens (tertiary/aromatic N) is 2. The lowest BCUT2D eigenvalue weighted by atomic mass is 10.1. The summed E-state index contributed by atoms with van der Waals surface area (Å²) in [5, 5.41) is 6.70. The molecule has 2 aromatic rings. The summed E-state index contributed by atoms with van der Waals surface area (Å²) in [5.74, 6) is 1.52. The molecule has 0 saturated heterocycles. The van der Waals surface area contributed by atoms with E-state index in [4.69, 9.17) is 4.74 Å². The number of aliphatic imine (C=N–C) groups is 1. The van der Waals surface area contributed by atoms with Crippen molar-refractivity contribution in [1.82, 2.24) is 10.6 Å². The van der Waals surface area contributed by atoms with Crippen molar-refractivity contribution >= 4 is 29.3 Å². The second-order valence-corrected chi connectivity index (χ2v) is 7.67. The van der Waals surface area contributed by atoms with Crippen LogP contribution in [-0.2, 0) is 11.3 Å². The second kappa shape index (κ2) is 10.2. The molecule has 6 nitrogen and oxygen atoms in total. The van der Waals surface area contributed by atoms with Crippen molar-refractivity contribution in [2.45, 2.75) is 24.8 Å². The fourth-order valence-corrected chi connectivity index (χ4v) is 3.95. The maximum atomic E-state index is 12.2. The highest BCUT2D eigenvalue weighted by Gasteiger charge is 2.24. The van der Waals surface area contributed by atoms with Gasteiger partial charge in [0.1, 0.15) is 5.75 Å². The fourth-order valence-electron chi connectivity index (χ4n) is 3.24. The SMILES string of the molecule is CN=C(NCCCN1C(=O)COc2ccccc21)NCc1ccc(C)cc1SC. The zero-order valence-electron chi connectivity index (χ0n) is 17.2. The van der Waals surface area contributed by atoms with E-state index in [2.05, 4.69) is 47.0 Å². The van der Waals surface area contributed by atoms with E-state index in [9.17, 15) is 4.79 Å². The lowest BCUT2D eigenvalue weighted by molar-refractivity contribution is -0.121. The van der Waals surface area contributed by atoms with Crippen molar-refractivity contribution in [2.24, 2.45) is 4.99 Å². The van der Waals surface area contributed by atoms with Crippen LogP contribution >= 0.6 is 11.8 Å². The Morgan fingerprint density at radius 1 is 1.24 bits per heavy atom. The first kappa shape index (κ1) is 21.0. The third kappa shape index (κ3) is 5.44. The van der Waals surface area contributed by atoms with Crippen LogP contribution in [0.4, 0.5) is 5.69 Å². The van der Waals surface area contributed by atoms with Crippen LogP contribution in [0.3, 0.4) is 0 Å². The molecule has 0 atom stereocenters. The largest absolute Gasteiger partial charge is 0.482 e. The molecule has 0 saturated carbocycles. The molecule has 0 bridgehead atoms. The summed E-state index contributed by atoms with van der Waals surface area (Å²) in [6, 6.07) is 14.1. The quantitative estimate of drug-likeness (QED) is 0.316. The van der Waals surface area contributed by atoms with E-state index in [1.165, 1.54) is 16.0 Å². The first-order valence-electron chi connectivity index (χ1n) is 9.72. The molecular formula is C22H28N4O2S. The lowest BCUT2D eigenvalue weighted by Gasteiger charge is -2.29. The van der Waals surface area contributed by atoms with Crippen LogP contribution in [0.25, 0.3) is 0 Å². The van der Waals surface area contributed by atoms with Gasteiger partial charge in [0.25, 0.3) is 5.91 Å². The third-order valence-electron chi connectivity index (χ3n) is 4.77. The topological polar surface area (TPSA) is 66.0 Å². The number of carbonyl (C=O) groups is 1. The highest BCUT2D eigenvalue weighted by Crippen LogP contribution is 2.31. The zero-order valence-corrected chi connectivity index (χ0v) is 18.0. The van der Waals surface area contributed by atoms with Crippen LogP contribution in [0, 0.1) is 6.92 Å². The number of ether oxygens (including phenoxy) is 1. The van der Waals surface area contributed by atoms with Crippen LogP contribution < -0.4 is 20.3 Å². The number of aryl methyl sites for hydroxylation is 1. The number of anilines is 1. The van der Waals surface area contributed by atoms with Gasteiger partial charge in [-0.1, -0.05) is 24.3 Å². The Morgan fingerprint density at radius 3 is 2.86 bits per heavy atom. The van der Waals surface area contributed by atoms with Crippen molar-refractivity contribution in [3.63, 3.8) is 0 Å². The summed E-state index contributed by atoms with van der Waals surface area (Å²) in [5.41, 5.74) is 3.36. The predicted octanol–water partition coefficient (Wildman–Crippen LogP) is 3.20. The van der Waals surface area contributed by atoms with Gasteiger partial charge in [-0.15, -0.1) is 11.8 Å². The Morgan fingerprint density at radius 2 is 2.07 bits per heavy atom. The number of rotatable bonds is 7. The summed E-state index contributed by atoms with van der Waals surface area (Å²) in [6.07, 6.45) is 2.90. The summed E-state index contributed by atoms with van der Waals surface area (Å²) in [7, 11) is 1.77. The normalized spacial score (nSPS) is 13.7. The summed E-state index contributed by atoms with van der Waals surface area (Å²) in [4.78, 5) is 19.6. The minimum atomic E-state index is -0.00447. The number of amides is 1. The van der Waals surface area contributed by atoms with Gasteiger partial charge in [0.05, 0.1) is 5.69 Å². The van der Waals surface area contributed by atoms with E-state index in [0.717, 1.165) is 30.4 Å². The lowest BCUT2D eigenvalue weighted by Crippen LogP contribution is -2.42. The molecule has 29 heavy (non-hydrogen) atoms. The maximum absolute atomic E-state index is 12.2. The Hall–Kier alpha value is -2.67. The monoisotopic (exact) mass is 412 g/mol. The number of hydrogen-bond acceptors (Lipinski definition) is 4. The summed E-state index contributed by atoms with van der Waals surface area (Å²) < 4.78 is 5.49. The van der Waals surface area contributed by atoms with Gasteiger partial charge in [0, 0.05) is 31.6 Å². The van der Waals surface area contributed by atoms with Crippen LogP contribution in [-0.4, -0.2) is 44.9 Å². The van der Waals surface area contributed by atoms with E-state index >= 15 is 0 Å². The average Bonchev–Trinajstić information content (AvgIpc) is 2.75. The summed E-state index contributed by atoms with van der Waals surface area (Å²) in [6.45, 7) is 4.27. The van der Waals surface area contributed by atoms with Gasteiger partial charge >= 0.3 is 0 Å². The van der Waals surface area contributed by atoms with E-state index in [-0.39, 0.29) is 12.5 Å². The van der Waals surface area contributed by atoms with Gasteiger partial charge in [0.2, 0.25) is 0 Å². The number of carbonyl (C=O) groups excluding carboxylic acids is 1. The molecule has 2 aromatic carbocycles. The maximum Gasteiger partial charge on any atom is 0.265 e. The smallest absolute Gasteiger partial charge is 0.265 e. The second-order valence-electron chi connectivity index (χ2n) is 6.82. The molecular weight excluding hydrogens is 384 g/mol. The Balaban J connectivity index is 1.48. The number of thioether (sulfide) groups is 1. The minimum Gasteiger partial charge on any atom is -0.482 e. The van der Waals surface area contributed by atoms with Crippen LogP contribution in [0.1, 0.15) is 17.5 Å². The summed E-state index contributed by atoms with van der Waals surface area (Å²) >= 11 is 1.75. The Bertz CT molecular complexity index is 885. The molecule has 0 spiro atoms. The number of fused-ring (bicyclic) bond motifs is 1. The van der Waals surface area contributed by atoms with Crippen molar-refractivity contribution in [2.75, 3.05) is 37.9 Å². The van der Waals surface area contributed by atoms with Crippen molar-refractivity contribution in [3.8, 4) is 5.75 Å². The van der Waals surface area contributed by atoms with Gasteiger partial charge in [-0.25, -0.2) is 0 Å². The molecule has 1 amide bonds. The standard InChI is InChI=1S/C22H28N4O2S/c1-16-9-10-17(20(13-16)29-3)14-25-22(23-2)24-11-6-12-26-18-7-4-5-8-19(18)28-15-21(26)27/h4-5,7-10,13H,6,11-12,14-15H2,1-3H3,(H2,23,24,25). The molecule has 1 aliphatic heterocycles. The van der Waals surface area contributed by atoms with Crippen molar-refractivity contribution < 1.29 is 9.53 Å². The first-order chi connectivity index (χ1) is 14.1.